The number of H-pyrrole nitrogens is 1. The van der Waals surface area contributed by atoms with E-state index in [0.717, 1.165) is 17.8 Å². The van der Waals surface area contributed by atoms with Crippen LogP contribution in [0.4, 0.5) is 0 Å². The largest absolute Gasteiger partial charge is 0.314 e. The number of nitrogens with zero attached hydrogens (tertiary/aromatic N) is 1. The fraction of sp³-hybridized carbons (Fsp3) is 0.300. The van der Waals surface area contributed by atoms with Crippen LogP contribution in [0.3, 0.4) is 0 Å². The number of nitrogens with one attached hydrogen (secondary N) is 2. The van der Waals surface area contributed by atoms with Gasteiger partial charge in [-0.25, -0.2) is 0 Å². The third-order valence-corrected chi connectivity index (χ3v) is 2.22. The van der Waals surface area contributed by atoms with E-state index in [1.54, 1.807) is 0 Å². The van der Waals surface area contributed by atoms with E-state index < -0.39 is 0 Å². The van der Waals surface area contributed by atoms with Crippen molar-refractivity contribution in [2.24, 2.45) is 0 Å². The SMILES string of the molecule is CNCc1[nH]nc2cccc(C)c12. The fourth-order valence-corrected chi connectivity index (χ4v) is 1.63. The highest BCUT2D eigenvalue weighted by Crippen LogP contribution is 2.19. The summed E-state index contributed by atoms with van der Waals surface area (Å²) in [5.41, 5.74) is 3.48. The molecule has 2 rings (SSSR count). The maximum atomic E-state index is 4.23. The van der Waals surface area contributed by atoms with Gasteiger partial charge in [0.15, 0.2) is 0 Å². The lowest BCUT2D eigenvalue weighted by molar-refractivity contribution is 0.789. The molecule has 0 aliphatic carbocycles. The van der Waals surface area contributed by atoms with Crippen LogP contribution in [0, 0.1) is 6.92 Å². The zero-order chi connectivity index (χ0) is 9.26. The van der Waals surface area contributed by atoms with E-state index in [1.807, 2.05) is 19.2 Å². The Labute approximate surface area is 77.2 Å². The molecule has 1 aromatic heterocycles. The average Bonchev–Trinajstić information content (AvgIpc) is 2.51. The predicted molar refractivity (Wildman–Crippen MR) is 53.6 cm³/mol. The molecular formula is C10H13N3. The first-order valence-electron chi connectivity index (χ1n) is 4.40. The minimum absolute atomic E-state index is 0.835. The van der Waals surface area contributed by atoms with E-state index in [2.05, 4.69) is 28.5 Å². The standard InChI is InChI=1S/C10H13N3/c1-7-4-3-5-8-10(7)9(6-11-2)13-12-8/h3-5,11H,6H2,1-2H3,(H,12,13). The number of aromatic nitrogens is 2. The molecule has 0 radical (unpaired) electrons. The van der Waals surface area contributed by atoms with Crippen LogP contribution in [0.1, 0.15) is 11.3 Å². The first-order chi connectivity index (χ1) is 6.33. The average molecular weight is 175 g/mol. The molecule has 0 aliphatic heterocycles. The Balaban J connectivity index is 2.64. The van der Waals surface area contributed by atoms with Crippen LogP contribution >= 0.6 is 0 Å². The quantitative estimate of drug-likeness (QED) is 0.727. The van der Waals surface area contributed by atoms with Gasteiger partial charge in [0.2, 0.25) is 0 Å². The lowest BCUT2D eigenvalue weighted by atomic mass is 10.1. The number of hydrogen-bond acceptors (Lipinski definition) is 2. The van der Waals surface area contributed by atoms with Crippen molar-refractivity contribution in [2.75, 3.05) is 7.05 Å². The summed E-state index contributed by atoms with van der Waals surface area (Å²) in [7, 11) is 1.94. The van der Waals surface area contributed by atoms with Crippen LogP contribution < -0.4 is 5.32 Å². The zero-order valence-corrected chi connectivity index (χ0v) is 7.89. The highest BCUT2D eigenvalue weighted by Gasteiger charge is 2.05. The van der Waals surface area contributed by atoms with Crippen molar-refractivity contribution in [3.8, 4) is 0 Å². The first kappa shape index (κ1) is 8.26. The third kappa shape index (κ3) is 1.31. The van der Waals surface area contributed by atoms with Gasteiger partial charge >= 0.3 is 0 Å². The summed E-state index contributed by atoms with van der Waals surface area (Å²) in [6.07, 6.45) is 0. The van der Waals surface area contributed by atoms with E-state index in [4.69, 9.17) is 0 Å². The summed E-state index contributed by atoms with van der Waals surface area (Å²) >= 11 is 0. The number of aromatic amines is 1. The Kier molecular flexibility index (Phi) is 2.02. The van der Waals surface area contributed by atoms with Crippen molar-refractivity contribution in [3.63, 3.8) is 0 Å². The monoisotopic (exact) mass is 175 g/mol. The van der Waals surface area contributed by atoms with Gasteiger partial charge in [-0.1, -0.05) is 12.1 Å². The van der Waals surface area contributed by atoms with Gasteiger partial charge in [-0.15, -0.1) is 0 Å². The minimum atomic E-state index is 0.835. The molecular weight excluding hydrogens is 162 g/mol. The Bertz CT molecular complexity index is 417. The van der Waals surface area contributed by atoms with E-state index in [9.17, 15) is 0 Å². The van der Waals surface area contributed by atoms with Gasteiger partial charge in [0, 0.05) is 11.9 Å². The van der Waals surface area contributed by atoms with Crippen LogP contribution in [0.25, 0.3) is 10.9 Å². The van der Waals surface area contributed by atoms with Crippen LogP contribution in [0.2, 0.25) is 0 Å². The molecule has 0 saturated heterocycles. The van der Waals surface area contributed by atoms with Crippen molar-refractivity contribution >= 4 is 10.9 Å². The van der Waals surface area contributed by atoms with Crippen molar-refractivity contribution < 1.29 is 0 Å². The molecule has 1 aromatic carbocycles. The molecule has 0 bridgehead atoms. The second kappa shape index (κ2) is 3.18. The molecule has 2 aromatic rings. The van der Waals surface area contributed by atoms with Crippen LogP contribution in [-0.4, -0.2) is 17.2 Å². The first-order valence-corrected chi connectivity index (χ1v) is 4.40. The van der Waals surface area contributed by atoms with E-state index in [0.29, 0.717) is 0 Å². The third-order valence-electron chi connectivity index (χ3n) is 2.22. The smallest absolute Gasteiger partial charge is 0.0926 e. The zero-order valence-electron chi connectivity index (χ0n) is 7.89. The lowest BCUT2D eigenvalue weighted by Gasteiger charge is -1.98. The van der Waals surface area contributed by atoms with Gasteiger partial charge in [-0.05, 0) is 25.6 Å². The molecule has 2 N–H and O–H groups in total. The van der Waals surface area contributed by atoms with Crippen molar-refractivity contribution in [3.05, 3.63) is 29.5 Å². The molecule has 13 heavy (non-hydrogen) atoms. The van der Waals surface area contributed by atoms with Gasteiger partial charge in [0.25, 0.3) is 0 Å². The molecule has 68 valence electrons. The number of fused-ring (bicyclic) bond motifs is 1. The Morgan fingerprint density at radius 1 is 1.46 bits per heavy atom. The number of aryl methyl sites for hydroxylation is 1. The molecule has 0 saturated carbocycles. The van der Waals surface area contributed by atoms with Gasteiger partial charge in [-0.2, -0.15) is 5.10 Å². The molecule has 0 unspecified atom stereocenters. The molecule has 1 heterocycles. The van der Waals surface area contributed by atoms with E-state index in [1.165, 1.54) is 10.9 Å². The molecule has 0 atom stereocenters. The predicted octanol–water partition coefficient (Wildman–Crippen LogP) is 1.59. The molecule has 0 spiro atoms. The number of hydrogen-bond donors (Lipinski definition) is 2. The van der Waals surface area contributed by atoms with Gasteiger partial charge in [0.05, 0.1) is 11.2 Å². The molecule has 3 nitrogen and oxygen atoms in total. The second-order valence-corrected chi connectivity index (χ2v) is 3.20. The maximum Gasteiger partial charge on any atom is 0.0926 e. The molecule has 0 aliphatic rings. The summed E-state index contributed by atoms with van der Waals surface area (Å²) < 4.78 is 0. The summed E-state index contributed by atoms with van der Waals surface area (Å²) in [6, 6.07) is 6.16. The van der Waals surface area contributed by atoms with E-state index in [-0.39, 0.29) is 0 Å². The highest BCUT2D eigenvalue weighted by atomic mass is 15.1. The summed E-state index contributed by atoms with van der Waals surface area (Å²) in [5.74, 6) is 0. The summed E-state index contributed by atoms with van der Waals surface area (Å²) in [5, 5.41) is 11.6. The highest BCUT2D eigenvalue weighted by molar-refractivity contribution is 5.84. The van der Waals surface area contributed by atoms with Gasteiger partial charge in [-0.3, -0.25) is 5.10 Å². The molecule has 3 heteroatoms. The Morgan fingerprint density at radius 2 is 2.31 bits per heavy atom. The van der Waals surface area contributed by atoms with Crippen molar-refractivity contribution in [1.82, 2.24) is 15.5 Å². The lowest BCUT2D eigenvalue weighted by Crippen LogP contribution is -2.05. The second-order valence-electron chi connectivity index (χ2n) is 3.20. The van der Waals surface area contributed by atoms with Crippen LogP contribution in [0.15, 0.2) is 18.2 Å². The number of rotatable bonds is 2. The Morgan fingerprint density at radius 3 is 3.08 bits per heavy atom. The van der Waals surface area contributed by atoms with Crippen molar-refractivity contribution in [2.45, 2.75) is 13.5 Å². The Hall–Kier alpha value is -1.35. The summed E-state index contributed by atoms with van der Waals surface area (Å²) in [4.78, 5) is 0. The topological polar surface area (TPSA) is 40.7 Å². The summed E-state index contributed by atoms with van der Waals surface area (Å²) in [6.45, 7) is 2.94. The van der Waals surface area contributed by atoms with Gasteiger partial charge in [0.1, 0.15) is 0 Å². The fourth-order valence-electron chi connectivity index (χ4n) is 1.63. The van der Waals surface area contributed by atoms with E-state index >= 15 is 0 Å². The van der Waals surface area contributed by atoms with Gasteiger partial charge < -0.3 is 5.32 Å². The maximum absolute atomic E-state index is 4.23. The minimum Gasteiger partial charge on any atom is -0.314 e. The molecule has 0 amide bonds. The van der Waals surface area contributed by atoms with Crippen molar-refractivity contribution in [1.29, 1.82) is 0 Å². The normalized spacial score (nSPS) is 10.9. The number of benzene rings is 1. The van der Waals surface area contributed by atoms with Crippen LogP contribution in [0.5, 0.6) is 0 Å². The van der Waals surface area contributed by atoms with Crippen LogP contribution in [-0.2, 0) is 6.54 Å². The molecule has 0 fully saturated rings.